The number of hydrogen-bond donors (Lipinski definition) is 0. The van der Waals surface area contributed by atoms with E-state index in [1.807, 2.05) is 13.8 Å². The summed E-state index contributed by atoms with van der Waals surface area (Å²) in [7, 11) is 0. The molecule has 1 aliphatic rings. The van der Waals surface area contributed by atoms with E-state index in [9.17, 15) is 18.0 Å². The van der Waals surface area contributed by atoms with Crippen molar-refractivity contribution in [1.29, 1.82) is 0 Å². The first kappa shape index (κ1) is 17.2. The number of ether oxygens (including phenoxy) is 1. The Balaban J connectivity index is 2.06. The molecule has 0 saturated heterocycles. The van der Waals surface area contributed by atoms with Gasteiger partial charge in [-0.05, 0) is 29.5 Å². The molecule has 7 heteroatoms. The minimum Gasteiger partial charge on any atom is -0.460 e. The molecule has 0 aromatic heterocycles. The molecule has 0 aliphatic heterocycles. The zero-order chi connectivity index (χ0) is 16.7. The van der Waals surface area contributed by atoms with Gasteiger partial charge < -0.3 is 4.74 Å². The molecule has 120 valence electrons. The van der Waals surface area contributed by atoms with Crippen LogP contribution in [0.5, 0.6) is 0 Å². The second kappa shape index (κ2) is 6.13. The molecule has 2 atom stereocenters. The smallest absolute Gasteiger partial charge is 0.310 e. The van der Waals surface area contributed by atoms with Crippen molar-refractivity contribution in [3.63, 3.8) is 0 Å². The molecule has 1 aromatic rings. The number of rotatable bonds is 4. The van der Waals surface area contributed by atoms with Gasteiger partial charge in [0, 0.05) is 0 Å². The topological polar surface area (TPSA) is 26.3 Å². The van der Waals surface area contributed by atoms with Crippen LogP contribution in [-0.2, 0) is 16.1 Å². The second-order valence-corrected chi connectivity index (χ2v) is 6.72. The molecule has 0 N–H and O–H groups in total. The van der Waals surface area contributed by atoms with E-state index < -0.39 is 46.9 Å². The maximum Gasteiger partial charge on any atom is 0.310 e. The fourth-order valence-electron chi connectivity index (χ4n) is 2.51. The lowest BCUT2D eigenvalue weighted by Gasteiger charge is -2.08. The highest BCUT2D eigenvalue weighted by atomic mass is 35.5. The van der Waals surface area contributed by atoms with Crippen molar-refractivity contribution in [3.8, 4) is 0 Å². The normalized spacial score (nSPS) is 22.1. The molecule has 1 fully saturated rings. The summed E-state index contributed by atoms with van der Waals surface area (Å²) in [6.45, 7) is 2.96. The summed E-state index contributed by atoms with van der Waals surface area (Å²) in [4.78, 5) is 12.0. The summed E-state index contributed by atoms with van der Waals surface area (Å²) in [6.07, 6.45) is 1.53. The van der Waals surface area contributed by atoms with Crippen molar-refractivity contribution in [1.82, 2.24) is 0 Å². The first-order valence-electron chi connectivity index (χ1n) is 6.48. The van der Waals surface area contributed by atoms with Crippen LogP contribution in [0.3, 0.4) is 0 Å². The third-order valence-electron chi connectivity index (χ3n) is 3.97. The zero-order valence-electron chi connectivity index (χ0n) is 11.8. The van der Waals surface area contributed by atoms with Gasteiger partial charge in [-0.3, -0.25) is 4.79 Å². The number of halogens is 5. The van der Waals surface area contributed by atoms with Gasteiger partial charge in [0.1, 0.15) is 16.9 Å². The molecule has 2 rings (SSSR count). The van der Waals surface area contributed by atoms with Crippen LogP contribution in [0.25, 0.3) is 0 Å². The molecule has 2 unspecified atom stereocenters. The summed E-state index contributed by atoms with van der Waals surface area (Å²) in [5.74, 6) is -4.89. The number of carbonyl (C=O) groups excluding carboxylic acids is 1. The van der Waals surface area contributed by atoms with E-state index in [0.717, 1.165) is 6.07 Å². The maximum absolute atomic E-state index is 13.5. The fraction of sp³-hybridized carbons (Fsp3) is 0.400. The predicted molar refractivity (Wildman–Crippen MR) is 76.7 cm³/mol. The summed E-state index contributed by atoms with van der Waals surface area (Å²) in [5, 5.41) is 0. The van der Waals surface area contributed by atoms with Gasteiger partial charge in [0.15, 0.2) is 11.6 Å². The summed E-state index contributed by atoms with van der Waals surface area (Å²) in [6, 6.07) is 1.45. The zero-order valence-corrected chi connectivity index (χ0v) is 13.3. The van der Waals surface area contributed by atoms with Gasteiger partial charge in [-0.25, -0.2) is 13.2 Å². The van der Waals surface area contributed by atoms with Gasteiger partial charge in [-0.2, -0.15) is 0 Å². The van der Waals surface area contributed by atoms with Crippen LogP contribution in [0.2, 0.25) is 0 Å². The summed E-state index contributed by atoms with van der Waals surface area (Å²) < 4.78 is 45.0. The largest absolute Gasteiger partial charge is 0.460 e. The number of hydrogen-bond acceptors (Lipinski definition) is 2. The average Bonchev–Trinajstić information content (AvgIpc) is 2.94. The number of allylic oxidation sites excluding steroid dienone is 1. The third-order valence-corrected chi connectivity index (χ3v) is 4.22. The van der Waals surface area contributed by atoms with Crippen molar-refractivity contribution in [2.24, 2.45) is 17.3 Å². The third kappa shape index (κ3) is 3.25. The van der Waals surface area contributed by atoms with Crippen molar-refractivity contribution in [2.75, 3.05) is 0 Å². The lowest BCUT2D eigenvalue weighted by atomic mass is 10.1. The Labute approximate surface area is 135 Å². The Morgan fingerprint density at radius 3 is 2.45 bits per heavy atom. The molecule has 2 nitrogen and oxygen atoms in total. The lowest BCUT2D eigenvalue weighted by molar-refractivity contribution is -0.147. The number of carbonyl (C=O) groups is 1. The number of benzene rings is 1. The standard InChI is InChI=1S/C15H13Cl2F3O2/c1-15(2)8(5-11(16)17)12(15)14(21)22-6-7-9(18)3-4-10(19)13(7)20/h3-5,8,12H,6H2,1-2H3. The van der Waals surface area contributed by atoms with Crippen molar-refractivity contribution < 1.29 is 22.7 Å². The molecule has 0 radical (unpaired) electrons. The Hall–Kier alpha value is -1.20. The molecule has 1 saturated carbocycles. The first-order chi connectivity index (χ1) is 10.2. The van der Waals surface area contributed by atoms with Gasteiger partial charge >= 0.3 is 5.97 Å². The molecule has 0 bridgehead atoms. The fourth-order valence-corrected chi connectivity index (χ4v) is 2.78. The average molecular weight is 353 g/mol. The molecular formula is C15H13Cl2F3O2. The minimum absolute atomic E-state index is 0.0376. The van der Waals surface area contributed by atoms with E-state index in [2.05, 4.69) is 0 Å². The van der Waals surface area contributed by atoms with Gasteiger partial charge in [0.05, 0.1) is 11.5 Å². The minimum atomic E-state index is -1.36. The lowest BCUT2D eigenvalue weighted by Crippen LogP contribution is -2.12. The Morgan fingerprint density at radius 1 is 1.27 bits per heavy atom. The molecule has 1 aliphatic carbocycles. The van der Waals surface area contributed by atoms with E-state index >= 15 is 0 Å². The van der Waals surface area contributed by atoms with Gasteiger partial charge in [0.25, 0.3) is 0 Å². The van der Waals surface area contributed by atoms with Crippen LogP contribution in [0.4, 0.5) is 13.2 Å². The highest BCUT2D eigenvalue weighted by molar-refractivity contribution is 6.55. The van der Waals surface area contributed by atoms with Gasteiger partial charge in [-0.1, -0.05) is 37.0 Å². The Bertz CT molecular complexity index is 640. The van der Waals surface area contributed by atoms with Crippen molar-refractivity contribution >= 4 is 29.2 Å². The van der Waals surface area contributed by atoms with E-state index in [1.54, 1.807) is 0 Å². The van der Waals surface area contributed by atoms with E-state index in [0.29, 0.717) is 6.07 Å². The first-order valence-corrected chi connectivity index (χ1v) is 7.23. The maximum atomic E-state index is 13.5. The van der Waals surface area contributed by atoms with Crippen molar-refractivity contribution in [3.05, 3.63) is 45.7 Å². The van der Waals surface area contributed by atoms with Crippen LogP contribution in [0.15, 0.2) is 22.7 Å². The Kier molecular flexibility index (Phi) is 4.78. The molecule has 0 heterocycles. The molecule has 0 spiro atoms. The van der Waals surface area contributed by atoms with Crippen LogP contribution >= 0.6 is 23.2 Å². The van der Waals surface area contributed by atoms with Crippen molar-refractivity contribution in [2.45, 2.75) is 20.5 Å². The number of esters is 1. The summed E-state index contributed by atoms with van der Waals surface area (Å²) in [5.41, 5.74) is -1.03. The quantitative estimate of drug-likeness (QED) is 0.577. The highest BCUT2D eigenvalue weighted by Crippen LogP contribution is 2.60. The molecule has 1 aromatic carbocycles. The highest BCUT2D eigenvalue weighted by Gasteiger charge is 2.61. The SMILES string of the molecule is CC1(C)C(C=C(Cl)Cl)C1C(=O)OCc1c(F)ccc(F)c1F. The van der Waals surface area contributed by atoms with Crippen LogP contribution < -0.4 is 0 Å². The summed E-state index contributed by atoms with van der Waals surface area (Å²) >= 11 is 11.2. The van der Waals surface area contributed by atoms with Crippen LogP contribution in [-0.4, -0.2) is 5.97 Å². The molecular weight excluding hydrogens is 340 g/mol. The Morgan fingerprint density at radius 2 is 1.86 bits per heavy atom. The van der Waals surface area contributed by atoms with Gasteiger partial charge in [0.2, 0.25) is 0 Å². The van der Waals surface area contributed by atoms with E-state index in [1.165, 1.54) is 6.08 Å². The predicted octanol–water partition coefficient (Wildman–Crippen LogP) is 4.74. The monoisotopic (exact) mass is 352 g/mol. The van der Waals surface area contributed by atoms with E-state index in [4.69, 9.17) is 27.9 Å². The molecule has 0 amide bonds. The molecule has 22 heavy (non-hydrogen) atoms. The van der Waals surface area contributed by atoms with Gasteiger partial charge in [-0.15, -0.1) is 0 Å². The van der Waals surface area contributed by atoms with E-state index in [-0.39, 0.29) is 10.4 Å². The second-order valence-electron chi connectivity index (χ2n) is 5.71. The van der Waals surface area contributed by atoms with Crippen LogP contribution in [0, 0.1) is 34.7 Å². The van der Waals surface area contributed by atoms with Crippen LogP contribution in [0.1, 0.15) is 19.4 Å².